The van der Waals surface area contributed by atoms with E-state index in [-0.39, 0.29) is 0 Å². The summed E-state index contributed by atoms with van der Waals surface area (Å²) in [5.74, 6) is 0. The van der Waals surface area contributed by atoms with E-state index in [0.717, 1.165) is 0 Å². The molecule has 72 valence electrons. The molecule has 12 heavy (non-hydrogen) atoms. The molecule has 0 radical (unpaired) electrons. The van der Waals surface area contributed by atoms with Crippen molar-refractivity contribution in [1.29, 1.82) is 0 Å². The van der Waals surface area contributed by atoms with Crippen molar-refractivity contribution < 1.29 is 0 Å². The minimum absolute atomic E-state index is 0.857. The number of allylic oxidation sites excluding steroid dienone is 2. The van der Waals surface area contributed by atoms with Crippen LogP contribution >= 0.6 is 0 Å². The van der Waals surface area contributed by atoms with Crippen LogP contribution in [0, 0.1) is 0 Å². The van der Waals surface area contributed by atoms with E-state index < -0.39 is 8.07 Å². The molecule has 0 aromatic carbocycles. The predicted octanol–water partition coefficient (Wildman–Crippen LogP) is 4.46. The molecule has 0 aliphatic rings. The SMILES string of the molecule is CC=CC[Si](C)(CCC)CCC. The molecule has 0 aromatic rings. The highest BCUT2D eigenvalue weighted by atomic mass is 28.3. The van der Waals surface area contributed by atoms with Gasteiger partial charge in [0.1, 0.15) is 0 Å². The van der Waals surface area contributed by atoms with Crippen LogP contribution in [-0.4, -0.2) is 8.07 Å². The van der Waals surface area contributed by atoms with E-state index in [1.54, 1.807) is 0 Å². The van der Waals surface area contributed by atoms with Gasteiger partial charge in [-0.15, -0.1) is 0 Å². The maximum atomic E-state index is 2.56. The molecule has 0 amide bonds. The van der Waals surface area contributed by atoms with E-state index in [1.165, 1.54) is 31.0 Å². The zero-order chi connectivity index (χ0) is 9.45. The molecule has 0 bridgehead atoms. The molecule has 0 nitrogen and oxygen atoms in total. The highest BCUT2D eigenvalue weighted by molar-refractivity contribution is 6.79. The molecule has 0 spiro atoms. The molecule has 0 aliphatic carbocycles. The Morgan fingerprint density at radius 3 is 1.92 bits per heavy atom. The Balaban J connectivity index is 3.97. The highest BCUT2D eigenvalue weighted by Gasteiger charge is 2.22. The van der Waals surface area contributed by atoms with Crippen LogP contribution in [0.15, 0.2) is 12.2 Å². The van der Waals surface area contributed by atoms with Crippen LogP contribution in [0.4, 0.5) is 0 Å². The monoisotopic (exact) mass is 184 g/mol. The van der Waals surface area contributed by atoms with Crippen molar-refractivity contribution in [1.82, 2.24) is 0 Å². The average molecular weight is 184 g/mol. The van der Waals surface area contributed by atoms with Gasteiger partial charge in [0.05, 0.1) is 8.07 Å². The Morgan fingerprint density at radius 2 is 1.58 bits per heavy atom. The standard InChI is InChI=1S/C11H24Si/c1-5-8-11-12(4,9-6-2)10-7-3/h5,8H,6-7,9-11H2,1-4H3. The molecule has 0 atom stereocenters. The van der Waals surface area contributed by atoms with Gasteiger partial charge in [0, 0.05) is 0 Å². The summed E-state index contributed by atoms with van der Waals surface area (Å²) in [4.78, 5) is 0. The summed E-state index contributed by atoms with van der Waals surface area (Å²) in [5, 5.41) is 0. The lowest BCUT2D eigenvalue weighted by molar-refractivity contribution is 0.972. The second-order valence-electron chi connectivity index (χ2n) is 4.08. The molecule has 0 fully saturated rings. The fourth-order valence-electron chi connectivity index (χ4n) is 1.94. The van der Waals surface area contributed by atoms with E-state index in [2.05, 4.69) is 39.5 Å². The van der Waals surface area contributed by atoms with Crippen LogP contribution in [0.2, 0.25) is 24.7 Å². The molecule has 0 aliphatic heterocycles. The van der Waals surface area contributed by atoms with Crippen molar-refractivity contribution in [2.45, 2.75) is 58.3 Å². The van der Waals surface area contributed by atoms with Gasteiger partial charge in [0.15, 0.2) is 0 Å². The normalized spacial score (nSPS) is 12.7. The van der Waals surface area contributed by atoms with Crippen molar-refractivity contribution in [2.75, 3.05) is 0 Å². The van der Waals surface area contributed by atoms with Crippen molar-refractivity contribution in [3.63, 3.8) is 0 Å². The van der Waals surface area contributed by atoms with Crippen LogP contribution in [0.1, 0.15) is 33.6 Å². The largest absolute Gasteiger partial charge is 0.0919 e. The summed E-state index contributed by atoms with van der Waals surface area (Å²) in [6, 6.07) is 4.40. The van der Waals surface area contributed by atoms with E-state index in [0.29, 0.717) is 0 Å². The van der Waals surface area contributed by atoms with Gasteiger partial charge in [0.2, 0.25) is 0 Å². The maximum Gasteiger partial charge on any atom is 0.0542 e. The summed E-state index contributed by atoms with van der Waals surface area (Å²) in [6.45, 7) is 9.32. The smallest absolute Gasteiger partial charge is 0.0542 e. The Labute approximate surface area is 79.1 Å². The van der Waals surface area contributed by atoms with Crippen molar-refractivity contribution in [3.05, 3.63) is 12.2 Å². The van der Waals surface area contributed by atoms with E-state index in [9.17, 15) is 0 Å². The van der Waals surface area contributed by atoms with E-state index in [4.69, 9.17) is 0 Å². The third-order valence-corrected chi connectivity index (χ3v) is 7.19. The van der Waals surface area contributed by atoms with Gasteiger partial charge in [-0.25, -0.2) is 0 Å². The van der Waals surface area contributed by atoms with Crippen LogP contribution < -0.4 is 0 Å². The lowest BCUT2D eigenvalue weighted by Gasteiger charge is -2.24. The zero-order valence-electron chi connectivity index (χ0n) is 9.19. The molecule has 0 N–H and O–H groups in total. The third-order valence-electron chi connectivity index (χ3n) is 2.55. The van der Waals surface area contributed by atoms with Gasteiger partial charge >= 0.3 is 0 Å². The van der Waals surface area contributed by atoms with Crippen LogP contribution in [0.25, 0.3) is 0 Å². The second kappa shape index (κ2) is 6.47. The topological polar surface area (TPSA) is 0 Å². The van der Waals surface area contributed by atoms with Gasteiger partial charge in [0.25, 0.3) is 0 Å². The molecule has 0 heterocycles. The minimum Gasteiger partial charge on any atom is -0.0919 e. The van der Waals surface area contributed by atoms with Crippen molar-refractivity contribution >= 4 is 8.07 Å². The molecule has 0 unspecified atom stereocenters. The fourth-order valence-corrected chi connectivity index (χ4v) is 5.82. The Bertz CT molecular complexity index is 121. The first kappa shape index (κ1) is 12.0. The lowest BCUT2D eigenvalue weighted by atomic mass is 10.6. The quantitative estimate of drug-likeness (QED) is 0.422. The van der Waals surface area contributed by atoms with Crippen molar-refractivity contribution in [3.8, 4) is 0 Å². The van der Waals surface area contributed by atoms with Crippen LogP contribution in [0.3, 0.4) is 0 Å². The Kier molecular flexibility index (Phi) is 6.45. The van der Waals surface area contributed by atoms with E-state index >= 15 is 0 Å². The molecular formula is C11H24Si. The molecule has 0 aromatic heterocycles. The summed E-state index contributed by atoms with van der Waals surface area (Å²) in [7, 11) is -0.857. The first-order valence-corrected chi connectivity index (χ1v) is 8.42. The zero-order valence-corrected chi connectivity index (χ0v) is 10.2. The van der Waals surface area contributed by atoms with Crippen LogP contribution in [0.5, 0.6) is 0 Å². The summed E-state index contributed by atoms with van der Waals surface area (Å²) in [5.41, 5.74) is 0. The fraction of sp³-hybridized carbons (Fsp3) is 0.818. The Morgan fingerprint density at radius 1 is 1.08 bits per heavy atom. The first-order valence-electron chi connectivity index (χ1n) is 5.29. The molecule has 0 rings (SSSR count). The number of hydrogen-bond donors (Lipinski definition) is 0. The minimum atomic E-state index is -0.857. The summed E-state index contributed by atoms with van der Waals surface area (Å²) in [6.07, 6.45) is 7.33. The first-order chi connectivity index (χ1) is 5.68. The third kappa shape index (κ3) is 4.76. The molecular weight excluding hydrogens is 160 g/mol. The maximum absolute atomic E-state index is 2.56. The van der Waals surface area contributed by atoms with Gasteiger partial charge < -0.3 is 0 Å². The van der Waals surface area contributed by atoms with E-state index in [1.807, 2.05) is 0 Å². The Hall–Kier alpha value is -0.0431. The van der Waals surface area contributed by atoms with Crippen molar-refractivity contribution in [2.24, 2.45) is 0 Å². The molecule has 0 saturated heterocycles. The summed E-state index contributed by atoms with van der Waals surface area (Å²) >= 11 is 0. The van der Waals surface area contributed by atoms with Gasteiger partial charge in [-0.3, -0.25) is 0 Å². The predicted molar refractivity (Wildman–Crippen MR) is 61.4 cm³/mol. The second-order valence-corrected chi connectivity index (χ2v) is 9.11. The highest BCUT2D eigenvalue weighted by Crippen LogP contribution is 2.24. The average Bonchev–Trinajstić information content (AvgIpc) is 2.02. The van der Waals surface area contributed by atoms with Gasteiger partial charge in [-0.1, -0.05) is 57.5 Å². The van der Waals surface area contributed by atoms with Gasteiger partial charge in [-0.2, -0.15) is 0 Å². The van der Waals surface area contributed by atoms with Gasteiger partial charge in [-0.05, 0) is 13.0 Å². The van der Waals surface area contributed by atoms with Crippen LogP contribution in [-0.2, 0) is 0 Å². The lowest BCUT2D eigenvalue weighted by Crippen LogP contribution is -2.28. The summed E-state index contributed by atoms with van der Waals surface area (Å²) < 4.78 is 0. The molecule has 1 heteroatoms. The number of hydrogen-bond acceptors (Lipinski definition) is 0. The molecule has 0 saturated carbocycles. The number of rotatable bonds is 6.